The van der Waals surface area contributed by atoms with E-state index in [-0.39, 0.29) is 49.2 Å². The van der Waals surface area contributed by atoms with Crippen molar-refractivity contribution in [2.24, 2.45) is 11.8 Å². The van der Waals surface area contributed by atoms with Crippen molar-refractivity contribution in [3.05, 3.63) is 36.6 Å². The molecule has 0 amide bonds. The second-order valence-electron chi connectivity index (χ2n) is 10.5. The Labute approximate surface area is 235 Å². The number of hydrogen-bond donors (Lipinski definition) is 2. The molecule has 0 bridgehead atoms. The van der Waals surface area contributed by atoms with Gasteiger partial charge in [-0.05, 0) is 58.8 Å². The van der Waals surface area contributed by atoms with Gasteiger partial charge in [-0.2, -0.15) is 0 Å². The predicted molar refractivity (Wildman–Crippen MR) is 150 cm³/mol. The zero-order valence-electron chi connectivity index (χ0n) is 25.2. The highest BCUT2D eigenvalue weighted by Gasteiger charge is 2.29. The van der Waals surface area contributed by atoms with E-state index in [4.69, 9.17) is 33.5 Å². The average Bonchev–Trinajstić information content (AvgIpc) is 2.87. The van der Waals surface area contributed by atoms with E-state index in [9.17, 15) is 9.90 Å². The van der Waals surface area contributed by atoms with Crippen LogP contribution in [0.3, 0.4) is 0 Å². The molecule has 3 aliphatic rings. The number of aliphatic hydroxyl groups is 2. The Bertz CT molecular complexity index is 724. The number of carbonyl (C=O) groups excluding carboxylic acids is 1. The molecule has 0 saturated heterocycles. The first-order valence-electron chi connectivity index (χ1n) is 14.2. The molecule has 9 heteroatoms. The van der Waals surface area contributed by atoms with E-state index < -0.39 is 18.5 Å². The molecule has 0 fully saturated rings. The fourth-order valence-electron chi connectivity index (χ4n) is 4.21. The van der Waals surface area contributed by atoms with Crippen LogP contribution in [0.4, 0.5) is 0 Å². The first kappa shape index (κ1) is 35.3. The summed E-state index contributed by atoms with van der Waals surface area (Å²) in [6.45, 7) is 17.5. The maximum atomic E-state index is 10.8. The van der Waals surface area contributed by atoms with Crippen LogP contribution in [0.1, 0.15) is 75.2 Å². The van der Waals surface area contributed by atoms with Crippen LogP contribution < -0.4 is 0 Å². The van der Waals surface area contributed by atoms with E-state index in [1.807, 2.05) is 40.7 Å². The minimum Gasteiger partial charge on any atom is -0.498 e. The van der Waals surface area contributed by atoms with Gasteiger partial charge >= 0.3 is 5.97 Å². The predicted octanol–water partition coefficient (Wildman–Crippen LogP) is 4.66. The Morgan fingerprint density at radius 1 is 0.846 bits per heavy atom. The standard InChI is InChI=1S/C11H20O2.C10H16O3.C9H16O4/c1-5-10-9(4)6-7-11(13-10)12-8(2)3;1-4-9-7(2)10(5-6-12-9)13-8(3)11;1-6(2)12-9-4-3-7(11)8(5-10)13-9/h6-11H,5H2,1-4H3;5-7,9-10H,4H2,1-3H3;3-4,6-11H,5H2,1-2H3/t9-,10+,11-;7-,9-,10-;7-,8+,9-/m010/s1. The minimum atomic E-state index is -0.739. The third-order valence-corrected chi connectivity index (χ3v) is 6.35. The van der Waals surface area contributed by atoms with Gasteiger partial charge in [0, 0.05) is 18.8 Å². The highest BCUT2D eigenvalue weighted by molar-refractivity contribution is 5.66. The molecule has 3 rings (SSSR count). The number of rotatable bonds is 8. The van der Waals surface area contributed by atoms with Gasteiger partial charge in [0.2, 0.25) is 0 Å². The summed E-state index contributed by atoms with van der Waals surface area (Å²) in [4.78, 5) is 10.8. The monoisotopic (exact) mass is 556 g/mol. The molecule has 0 spiro atoms. The van der Waals surface area contributed by atoms with Crippen molar-refractivity contribution in [3.63, 3.8) is 0 Å². The number of esters is 1. The Morgan fingerprint density at radius 3 is 1.87 bits per heavy atom. The molecular formula is C30H52O9. The average molecular weight is 557 g/mol. The summed E-state index contributed by atoms with van der Waals surface area (Å²) in [6, 6.07) is 0. The lowest BCUT2D eigenvalue weighted by molar-refractivity contribution is -0.193. The Kier molecular flexibility index (Phi) is 16.8. The SMILES string of the molecule is CC(C)O[C@@H]1C=C[C@H](O)[C@@H](CO)O1.CC[C@H]1OC=C[C@@H](OC(C)=O)[C@@H]1C.CC[C@H]1O[C@H](OC(C)C)C=C[C@@H]1C. The largest absolute Gasteiger partial charge is 0.498 e. The lowest BCUT2D eigenvalue weighted by Crippen LogP contribution is -2.39. The van der Waals surface area contributed by atoms with Crippen molar-refractivity contribution in [1.29, 1.82) is 0 Å². The molecule has 226 valence electrons. The highest BCUT2D eigenvalue weighted by Crippen LogP contribution is 2.24. The molecule has 0 aromatic carbocycles. The fraction of sp³-hybridized carbons (Fsp3) is 0.767. The van der Waals surface area contributed by atoms with Crippen molar-refractivity contribution >= 4 is 5.97 Å². The minimum absolute atomic E-state index is 0.0595. The molecule has 3 aliphatic heterocycles. The van der Waals surface area contributed by atoms with Crippen LogP contribution in [0.25, 0.3) is 0 Å². The van der Waals surface area contributed by atoms with Gasteiger partial charge in [-0.25, -0.2) is 0 Å². The summed E-state index contributed by atoms with van der Waals surface area (Å²) in [5.74, 6) is 0.508. The van der Waals surface area contributed by atoms with Crippen LogP contribution in [0, 0.1) is 11.8 Å². The number of ether oxygens (including phenoxy) is 6. The fourth-order valence-corrected chi connectivity index (χ4v) is 4.21. The number of hydrogen-bond acceptors (Lipinski definition) is 9. The van der Waals surface area contributed by atoms with Gasteiger partial charge in [-0.3, -0.25) is 4.79 Å². The molecule has 39 heavy (non-hydrogen) atoms. The zero-order valence-corrected chi connectivity index (χ0v) is 25.2. The molecule has 9 atom stereocenters. The molecule has 0 saturated carbocycles. The Morgan fingerprint density at radius 2 is 1.38 bits per heavy atom. The van der Waals surface area contributed by atoms with E-state index in [0.717, 1.165) is 12.8 Å². The van der Waals surface area contributed by atoms with Gasteiger partial charge in [-0.1, -0.05) is 39.8 Å². The molecule has 0 aromatic rings. The molecule has 0 unspecified atom stereocenters. The Hall–Kier alpha value is -1.75. The Balaban J connectivity index is 0.000000292. The van der Waals surface area contributed by atoms with Crippen LogP contribution in [0.2, 0.25) is 0 Å². The van der Waals surface area contributed by atoms with E-state index in [2.05, 4.69) is 26.8 Å². The van der Waals surface area contributed by atoms with Crippen LogP contribution in [0.5, 0.6) is 0 Å². The summed E-state index contributed by atoms with van der Waals surface area (Å²) < 4.78 is 32.4. The highest BCUT2D eigenvalue weighted by atomic mass is 16.7. The van der Waals surface area contributed by atoms with Gasteiger partial charge in [0.05, 0.1) is 31.2 Å². The second-order valence-corrected chi connectivity index (χ2v) is 10.5. The molecule has 9 nitrogen and oxygen atoms in total. The quantitative estimate of drug-likeness (QED) is 0.325. The number of aliphatic hydroxyl groups excluding tert-OH is 2. The van der Waals surface area contributed by atoms with Crippen LogP contribution in [-0.2, 0) is 33.2 Å². The van der Waals surface area contributed by atoms with Crippen molar-refractivity contribution in [2.45, 2.75) is 130 Å². The third-order valence-electron chi connectivity index (χ3n) is 6.35. The first-order chi connectivity index (χ1) is 18.4. The maximum absolute atomic E-state index is 10.8. The molecular weight excluding hydrogens is 504 g/mol. The second kappa shape index (κ2) is 18.6. The smallest absolute Gasteiger partial charge is 0.303 e. The van der Waals surface area contributed by atoms with Gasteiger partial charge < -0.3 is 38.6 Å². The molecule has 0 aromatic heterocycles. The zero-order chi connectivity index (χ0) is 29.5. The van der Waals surface area contributed by atoms with Crippen molar-refractivity contribution in [2.75, 3.05) is 6.61 Å². The maximum Gasteiger partial charge on any atom is 0.303 e. The van der Waals surface area contributed by atoms with Crippen LogP contribution in [-0.4, -0.2) is 78.1 Å². The van der Waals surface area contributed by atoms with Crippen molar-refractivity contribution in [1.82, 2.24) is 0 Å². The first-order valence-corrected chi connectivity index (χ1v) is 14.2. The third kappa shape index (κ3) is 13.4. The van der Waals surface area contributed by atoms with Crippen LogP contribution in [0.15, 0.2) is 36.6 Å². The number of carbonyl (C=O) groups is 1. The topological polar surface area (TPSA) is 113 Å². The summed E-state index contributed by atoms with van der Waals surface area (Å²) in [6.07, 6.45) is 11.5. The van der Waals surface area contributed by atoms with Gasteiger partial charge in [0.25, 0.3) is 0 Å². The lowest BCUT2D eigenvalue weighted by Gasteiger charge is -2.31. The summed E-state index contributed by atoms with van der Waals surface area (Å²) >= 11 is 0. The van der Waals surface area contributed by atoms with Crippen molar-refractivity contribution in [3.8, 4) is 0 Å². The summed E-state index contributed by atoms with van der Waals surface area (Å²) in [5.41, 5.74) is 0. The molecule has 2 N–H and O–H groups in total. The normalized spacial score (nSPS) is 33.5. The molecule has 0 radical (unpaired) electrons. The van der Waals surface area contributed by atoms with Crippen molar-refractivity contribution < 1.29 is 43.4 Å². The lowest BCUT2D eigenvalue weighted by atomic mass is 9.94. The van der Waals surface area contributed by atoms with E-state index in [0.29, 0.717) is 12.0 Å². The van der Waals surface area contributed by atoms with E-state index in [1.54, 1.807) is 24.5 Å². The summed E-state index contributed by atoms with van der Waals surface area (Å²) in [7, 11) is 0. The summed E-state index contributed by atoms with van der Waals surface area (Å²) in [5, 5.41) is 18.1. The van der Waals surface area contributed by atoms with E-state index >= 15 is 0 Å². The van der Waals surface area contributed by atoms with Crippen LogP contribution >= 0.6 is 0 Å². The van der Waals surface area contributed by atoms with Gasteiger partial charge in [0.1, 0.15) is 24.4 Å². The molecule has 3 heterocycles. The molecule has 0 aliphatic carbocycles. The van der Waals surface area contributed by atoms with E-state index in [1.165, 1.54) is 6.92 Å². The van der Waals surface area contributed by atoms with Gasteiger partial charge in [-0.15, -0.1) is 0 Å². The van der Waals surface area contributed by atoms with Gasteiger partial charge in [0.15, 0.2) is 12.6 Å².